The number of nitrogens with zero attached hydrogens (tertiary/aromatic N) is 1. The van der Waals surface area contributed by atoms with Crippen molar-refractivity contribution in [2.75, 3.05) is 13.7 Å². The summed E-state index contributed by atoms with van der Waals surface area (Å²) in [5, 5.41) is 7.01. The Labute approximate surface area is 121 Å². The van der Waals surface area contributed by atoms with E-state index in [1.807, 2.05) is 6.92 Å². The van der Waals surface area contributed by atoms with Gasteiger partial charge in [0, 0.05) is 12.1 Å². The zero-order valence-corrected chi connectivity index (χ0v) is 11.8. The maximum atomic E-state index is 12.4. The van der Waals surface area contributed by atoms with E-state index < -0.39 is 6.61 Å². The number of rotatable bonds is 6. The van der Waals surface area contributed by atoms with Crippen LogP contribution < -0.4 is 20.2 Å². The van der Waals surface area contributed by atoms with Crippen LogP contribution in [0.5, 0.6) is 11.5 Å². The quantitative estimate of drug-likeness (QED) is 0.479. The molecule has 110 valence electrons. The Kier molecular flexibility index (Phi) is 6.65. The molecule has 2 N–H and O–H groups in total. The van der Waals surface area contributed by atoms with Crippen LogP contribution in [0.25, 0.3) is 0 Å². The Morgan fingerprint density at radius 1 is 1.50 bits per heavy atom. The second kappa shape index (κ2) is 8.26. The number of methoxy groups -OCH3 is 1. The van der Waals surface area contributed by atoms with Gasteiger partial charge in [-0.1, -0.05) is 6.07 Å². The third kappa shape index (κ3) is 4.96. The Bertz CT molecular complexity index is 484. The van der Waals surface area contributed by atoms with Gasteiger partial charge in [0.1, 0.15) is 0 Å². The van der Waals surface area contributed by atoms with Gasteiger partial charge >= 0.3 is 6.61 Å². The van der Waals surface area contributed by atoms with Crippen molar-refractivity contribution in [3.8, 4) is 11.5 Å². The van der Waals surface area contributed by atoms with Gasteiger partial charge in [-0.3, -0.25) is 5.43 Å². The number of alkyl halides is 2. The van der Waals surface area contributed by atoms with Crippen molar-refractivity contribution < 1.29 is 18.3 Å². The van der Waals surface area contributed by atoms with E-state index in [4.69, 9.17) is 17.0 Å². The SMILES string of the molecule is CCNC(=S)N/N=C\c1cccc(OC)c1OC(F)F. The van der Waals surface area contributed by atoms with Crippen LogP contribution in [0, 0.1) is 0 Å². The lowest BCUT2D eigenvalue weighted by molar-refractivity contribution is -0.0513. The number of hydrogen-bond acceptors (Lipinski definition) is 4. The third-order valence-electron chi connectivity index (χ3n) is 2.14. The van der Waals surface area contributed by atoms with Crippen molar-refractivity contribution in [1.29, 1.82) is 0 Å². The van der Waals surface area contributed by atoms with E-state index in [9.17, 15) is 8.78 Å². The monoisotopic (exact) mass is 303 g/mol. The number of para-hydroxylation sites is 1. The zero-order valence-electron chi connectivity index (χ0n) is 11.0. The fraction of sp³-hybridized carbons (Fsp3) is 0.333. The highest BCUT2D eigenvalue weighted by Crippen LogP contribution is 2.31. The zero-order chi connectivity index (χ0) is 15.0. The molecule has 1 aromatic carbocycles. The summed E-state index contributed by atoms with van der Waals surface area (Å²) < 4.78 is 34.2. The topological polar surface area (TPSA) is 54.9 Å². The number of hydrazone groups is 1. The van der Waals surface area contributed by atoms with Crippen LogP contribution in [-0.4, -0.2) is 31.6 Å². The molecule has 0 heterocycles. The largest absolute Gasteiger partial charge is 0.493 e. The number of hydrogen-bond donors (Lipinski definition) is 2. The van der Waals surface area contributed by atoms with Crippen LogP contribution in [0.4, 0.5) is 8.78 Å². The molecule has 0 saturated heterocycles. The fourth-order valence-electron chi connectivity index (χ4n) is 1.37. The molecule has 20 heavy (non-hydrogen) atoms. The maximum Gasteiger partial charge on any atom is 0.387 e. The summed E-state index contributed by atoms with van der Waals surface area (Å²) in [6, 6.07) is 4.73. The molecule has 0 bridgehead atoms. The smallest absolute Gasteiger partial charge is 0.387 e. The molecule has 0 atom stereocenters. The van der Waals surface area contributed by atoms with Crippen molar-refractivity contribution in [1.82, 2.24) is 10.7 Å². The first-order chi connectivity index (χ1) is 9.58. The Balaban J connectivity index is 2.87. The maximum absolute atomic E-state index is 12.4. The average Bonchev–Trinajstić information content (AvgIpc) is 2.40. The normalized spacial score (nSPS) is 10.7. The van der Waals surface area contributed by atoms with Crippen LogP contribution in [-0.2, 0) is 0 Å². The van der Waals surface area contributed by atoms with Gasteiger partial charge in [-0.2, -0.15) is 13.9 Å². The van der Waals surface area contributed by atoms with E-state index in [0.29, 0.717) is 17.2 Å². The molecule has 1 rings (SSSR count). The van der Waals surface area contributed by atoms with Gasteiger partial charge in [-0.05, 0) is 31.3 Å². The lowest BCUT2D eigenvalue weighted by atomic mass is 10.2. The highest BCUT2D eigenvalue weighted by atomic mass is 32.1. The molecule has 0 aromatic heterocycles. The van der Waals surface area contributed by atoms with Gasteiger partial charge in [0.05, 0.1) is 13.3 Å². The Morgan fingerprint density at radius 3 is 2.85 bits per heavy atom. The van der Waals surface area contributed by atoms with Gasteiger partial charge in [0.25, 0.3) is 0 Å². The Morgan fingerprint density at radius 2 is 2.25 bits per heavy atom. The summed E-state index contributed by atoms with van der Waals surface area (Å²) in [6.07, 6.45) is 1.32. The molecule has 0 radical (unpaired) electrons. The summed E-state index contributed by atoms with van der Waals surface area (Å²) in [4.78, 5) is 0. The predicted molar refractivity (Wildman–Crippen MR) is 76.6 cm³/mol. The number of ether oxygens (including phenoxy) is 2. The van der Waals surface area contributed by atoms with Gasteiger partial charge in [-0.15, -0.1) is 0 Å². The van der Waals surface area contributed by atoms with Crippen molar-refractivity contribution in [3.63, 3.8) is 0 Å². The van der Waals surface area contributed by atoms with Crippen LogP contribution in [0.3, 0.4) is 0 Å². The van der Waals surface area contributed by atoms with E-state index in [0.717, 1.165) is 0 Å². The molecule has 5 nitrogen and oxygen atoms in total. The molecule has 0 unspecified atom stereocenters. The summed E-state index contributed by atoms with van der Waals surface area (Å²) in [7, 11) is 1.37. The Hall–Kier alpha value is -1.96. The van der Waals surface area contributed by atoms with E-state index in [1.165, 1.54) is 19.4 Å². The van der Waals surface area contributed by atoms with Crippen LogP contribution in [0.15, 0.2) is 23.3 Å². The molecule has 0 aliphatic heterocycles. The summed E-state index contributed by atoms with van der Waals surface area (Å²) in [6.45, 7) is -0.413. The summed E-state index contributed by atoms with van der Waals surface area (Å²) in [5.74, 6) is 0.119. The van der Waals surface area contributed by atoms with Gasteiger partial charge in [0.2, 0.25) is 0 Å². The standard InChI is InChI=1S/C12H15F2N3O2S/c1-3-15-12(20)17-16-7-8-5-4-6-9(18-2)10(8)19-11(13)14/h4-7,11H,3H2,1-2H3,(H2,15,17,20)/b16-7-. The molecular formula is C12H15F2N3O2S. The lowest BCUT2D eigenvalue weighted by Gasteiger charge is -2.12. The molecule has 0 amide bonds. The van der Waals surface area contributed by atoms with Crippen molar-refractivity contribution in [2.24, 2.45) is 5.10 Å². The number of thiocarbonyl (C=S) groups is 1. The third-order valence-corrected chi connectivity index (χ3v) is 2.38. The number of halogens is 2. The summed E-state index contributed by atoms with van der Waals surface area (Å²) >= 11 is 4.91. The molecule has 0 aliphatic carbocycles. The number of nitrogens with one attached hydrogen (secondary N) is 2. The molecule has 0 fully saturated rings. The minimum absolute atomic E-state index is 0.0788. The lowest BCUT2D eigenvalue weighted by Crippen LogP contribution is -2.31. The van der Waals surface area contributed by atoms with Crippen LogP contribution in [0.2, 0.25) is 0 Å². The van der Waals surface area contributed by atoms with E-state index in [2.05, 4.69) is 20.6 Å². The second-order valence-corrected chi connectivity index (χ2v) is 3.89. The van der Waals surface area contributed by atoms with Gasteiger partial charge in [0.15, 0.2) is 16.6 Å². The van der Waals surface area contributed by atoms with Gasteiger partial charge < -0.3 is 14.8 Å². The highest BCUT2D eigenvalue weighted by molar-refractivity contribution is 7.80. The van der Waals surface area contributed by atoms with E-state index in [-0.39, 0.29) is 11.5 Å². The summed E-state index contributed by atoms with van der Waals surface area (Å²) in [5.41, 5.74) is 2.90. The molecule has 0 spiro atoms. The van der Waals surface area contributed by atoms with Crippen molar-refractivity contribution >= 4 is 23.5 Å². The van der Waals surface area contributed by atoms with Crippen LogP contribution >= 0.6 is 12.2 Å². The molecule has 0 aliphatic rings. The van der Waals surface area contributed by atoms with E-state index >= 15 is 0 Å². The molecule has 1 aromatic rings. The minimum atomic E-state index is -2.95. The van der Waals surface area contributed by atoms with Crippen molar-refractivity contribution in [2.45, 2.75) is 13.5 Å². The van der Waals surface area contributed by atoms with Crippen LogP contribution in [0.1, 0.15) is 12.5 Å². The minimum Gasteiger partial charge on any atom is -0.493 e. The number of benzene rings is 1. The first-order valence-electron chi connectivity index (χ1n) is 5.77. The van der Waals surface area contributed by atoms with Gasteiger partial charge in [-0.25, -0.2) is 0 Å². The fourth-order valence-corrected chi connectivity index (χ4v) is 1.57. The first-order valence-corrected chi connectivity index (χ1v) is 6.18. The molecular weight excluding hydrogens is 288 g/mol. The van der Waals surface area contributed by atoms with E-state index in [1.54, 1.807) is 12.1 Å². The highest BCUT2D eigenvalue weighted by Gasteiger charge is 2.14. The second-order valence-electron chi connectivity index (χ2n) is 3.49. The molecule has 8 heteroatoms. The predicted octanol–water partition coefficient (Wildman–Crippen LogP) is 2.11. The first kappa shape index (κ1) is 16.1. The average molecular weight is 303 g/mol. The molecule has 0 saturated carbocycles. The van der Waals surface area contributed by atoms with Crippen molar-refractivity contribution in [3.05, 3.63) is 23.8 Å².